The average Bonchev–Trinajstić information content (AvgIpc) is 2.55. The summed E-state index contributed by atoms with van der Waals surface area (Å²) in [4.78, 5) is 11.4. The molecule has 122 valence electrons. The zero-order valence-corrected chi connectivity index (χ0v) is 14.9. The van der Waals surface area contributed by atoms with Gasteiger partial charge in [0.15, 0.2) is 5.96 Å². The van der Waals surface area contributed by atoms with Gasteiger partial charge in [0.05, 0.1) is 12.2 Å². The number of hydrogen-bond donors (Lipinski definition) is 1. The summed E-state index contributed by atoms with van der Waals surface area (Å²) in [6, 6.07) is 10.4. The summed E-state index contributed by atoms with van der Waals surface area (Å²) in [6.07, 6.45) is 1.88. The molecule has 4 nitrogen and oxygen atoms in total. The molecule has 3 rings (SSSR count). The largest absolute Gasteiger partial charge is 0.351 e. The van der Waals surface area contributed by atoms with E-state index < -0.39 is 0 Å². The molecule has 1 N–H and O–H groups in total. The molecule has 23 heavy (non-hydrogen) atoms. The van der Waals surface area contributed by atoms with Crippen molar-refractivity contribution < 1.29 is 0 Å². The molecule has 0 unspecified atom stereocenters. The first kappa shape index (κ1) is 16.1. The fourth-order valence-corrected chi connectivity index (χ4v) is 4.13. The first-order valence-electron chi connectivity index (χ1n) is 8.01. The molecule has 0 saturated carbocycles. The fourth-order valence-electron chi connectivity index (χ4n) is 3.02. The lowest BCUT2D eigenvalue weighted by atomic mass is 10.1. The highest BCUT2D eigenvalue weighted by molar-refractivity contribution is 8.00. The molecule has 1 aromatic carbocycles. The van der Waals surface area contributed by atoms with E-state index in [0.29, 0.717) is 6.54 Å². The van der Waals surface area contributed by atoms with Crippen molar-refractivity contribution in [2.75, 3.05) is 25.9 Å². The minimum atomic E-state index is 0.271. The SMILES string of the molecule is CN=C(NCc1nccc2ccccc12)N1CCSC(C)(C)C1. The van der Waals surface area contributed by atoms with Crippen molar-refractivity contribution in [2.45, 2.75) is 25.1 Å². The number of aliphatic imine (C=N–C) groups is 1. The number of nitrogens with zero attached hydrogens (tertiary/aromatic N) is 3. The van der Waals surface area contributed by atoms with Gasteiger partial charge in [0.2, 0.25) is 0 Å². The molecule has 0 aliphatic carbocycles. The van der Waals surface area contributed by atoms with E-state index in [-0.39, 0.29) is 4.75 Å². The van der Waals surface area contributed by atoms with Gasteiger partial charge in [-0.1, -0.05) is 24.3 Å². The van der Waals surface area contributed by atoms with Crippen molar-refractivity contribution in [3.63, 3.8) is 0 Å². The third-order valence-electron chi connectivity index (χ3n) is 4.11. The minimum Gasteiger partial charge on any atom is -0.351 e. The topological polar surface area (TPSA) is 40.5 Å². The van der Waals surface area contributed by atoms with Gasteiger partial charge in [0.1, 0.15) is 0 Å². The van der Waals surface area contributed by atoms with Crippen molar-refractivity contribution in [1.82, 2.24) is 15.2 Å². The predicted molar refractivity (Wildman–Crippen MR) is 100 cm³/mol. The van der Waals surface area contributed by atoms with Gasteiger partial charge < -0.3 is 10.2 Å². The first-order valence-corrected chi connectivity index (χ1v) is 9.00. The molecule has 1 aliphatic rings. The Morgan fingerprint density at radius 3 is 2.96 bits per heavy atom. The number of nitrogens with one attached hydrogen (secondary N) is 1. The van der Waals surface area contributed by atoms with E-state index in [4.69, 9.17) is 0 Å². The number of hydrogen-bond acceptors (Lipinski definition) is 3. The van der Waals surface area contributed by atoms with Crippen LogP contribution in [0.2, 0.25) is 0 Å². The van der Waals surface area contributed by atoms with E-state index >= 15 is 0 Å². The second-order valence-electron chi connectivity index (χ2n) is 6.41. The average molecular weight is 328 g/mol. The lowest BCUT2D eigenvalue weighted by molar-refractivity contribution is 0.375. The van der Waals surface area contributed by atoms with Crippen LogP contribution in [0.3, 0.4) is 0 Å². The van der Waals surface area contributed by atoms with E-state index in [0.717, 1.165) is 30.5 Å². The van der Waals surface area contributed by atoms with Gasteiger partial charge in [-0.05, 0) is 25.3 Å². The number of thioether (sulfide) groups is 1. The molecule has 5 heteroatoms. The summed E-state index contributed by atoms with van der Waals surface area (Å²) in [5.41, 5.74) is 1.06. The van der Waals surface area contributed by atoms with Gasteiger partial charge in [-0.3, -0.25) is 9.98 Å². The maximum absolute atomic E-state index is 4.55. The van der Waals surface area contributed by atoms with E-state index in [2.05, 4.69) is 64.4 Å². The van der Waals surface area contributed by atoms with Crippen LogP contribution in [0.5, 0.6) is 0 Å². The summed E-state index contributed by atoms with van der Waals surface area (Å²) in [5, 5.41) is 5.92. The van der Waals surface area contributed by atoms with Gasteiger partial charge in [0, 0.05) is 42.2 Å². The van der Waals surface area contributed by atoms with Gasteiger partial charge in [-0.2, -0.15) is 11.8 Å². The normalized spacial score (nSPS) is 18.2. The molecule has 0 spiro atoms. The summed E-state index contributed by atoms with van der Waals surface area (Å²) < 4.78 is 0.271. The summed E-state index contributed by atoms with van der Waals surface area (Å²) in [6.45, 7) is 7.34. The maximum atomic E-state index is 4.55. The number of aromatic nitrogens is 1. The van der Waals surface area contributed by atoms with Crippen LogP contribution in [0.4, 0.5) is 0 Å². The van der Waals surface area contributed by atoms with Crippen LogP contribution in [-0.4, -0.2) is 46.5 Å². The Balaban J connectivity index is 1.73. The Hall–Kier alpha value is -1.75. The third-order valence-corrected chi connectivity index (χ3v) is 5.40. The van der Waals surface area contributed by atoms with Crippen molar-refractivity contribution in [1.29, 1.82) is 0 Å². The van der Waals surface area contributed by atoms with Gasteiger partial charge >= 0.3 is 0 Å². The second kappa shape index (κ2) is 6.79. The summed E-state index contributed by atoms with van der Waals surface area (Å²) in [7, 11) is 1.85. The fraction of sp³-hybridized carbons (Fsp3) is 0.444. The van der Waals surface area contributed by atoms with Gasteiger partial charge in [-0.15, -0.1) is 0 Å². The van der Waals surface area contributed by atoms with Crippen LogP contribution in [-0.2, 0) is 6.54 Å². The molecule has 2 aromatic rings. The monoisotopic (exact) mass is 328 g/mol. The Morgan fingerprint density at radius 1 is 1.35 bits per heavy atom. The zero-order chi connectivity index (χ0) is 16.3. The number of fused-ring (bicyclic) bond motifs is 1. The maximum Gasteiger partial charge on any atom is 0.194 e. The van der Waals surface area contributed by atoms with E-state index in [1.54, 1.807) is 0 Å². The molecule has 1 aliphatic heterocycles. The molecule has 0 bridgehead atoms. The van der Waals surface area contributed by atoms with Crippen molar-refractivity contribution >= 4 is 28.5 Å². The lowest BCUT2D eigenvalue weighted by Gasteiger charge is -2.39. The van der Waals surface area contributed by atoms with Crippen molar-refractivity contribution in [2.24, 2.45) is 4.99 Å². The molecule has 1 fully saturated rings. The third kappa shape index (κ3) is 3.78. The number of guanidine groups is 1. The summed E-state index contributed by atoms with van der Waals surface area (Å²) in [5.74, 6) is 2.10. The van der Waals surface area contributed by atoms with Crippen molar-refractivity contribution in [3.05, 3.63) is 42.2 Å². The highest BCUT2D eigenvalue weighted by Crippen LogP contribution is 2.29. The van der Waals surface area contributed by atoms with Crippen molar-refractivity contribution in [3.8, 4) is 0 Å². The number of pyridine rings is 1. The van der Waals surface area contributed by atoms with Crippen LogP contribution in [0.25, 0.3) is 10.8 Å². The molecule has 0 atom stereocenters. The standard InChI is InChI=1S/C18H24N4S/c1-18(2)13-22(10-11-23-18)17(19-3)21-12-16-15-7-5-4-6-14(15)8-9-20-16/h4-9H,10-13H2,1-3H3,(H,19,21). The molecular weight excluding hydrogens is 304 g/mol. The summed E-state index contributed by atoms with van der Waals surface area (Å²) >= 11 is 2.03. The molecule has 0 radical (unpaired) electrons. The Labute approximate surface area is 142 Å². The molecule has 1 saturated heterocycles. The Kier molecular flexibility index (Phi) is 4.76. The second-order valence-corrected chi connectivity index (χ2v) is 8.21. The highest BCUT2D eigenvalue weighted by Gasteiger charge is 2.28. The zero-order valence-electron chi connectivity index (χ0n) is 14.0. The molecule has 1 aromatic heterocycles. The molecule has 0 amide bonds. The van der Waals surface area contributed by atoms with Gasteiger partial charge in [-0.25, -0.2) is 0 Å². The quantitative estimate of drug-likeness (QED) is 0.679. The van der Waals surface area contributed by atoms with Crippen LogP contribution < -0.4 is 5.32 Å². The Morgan fingerprint density at radius 2 is 2.17 bits per heavy atom. The van der Waals surface area contributed by atoms with Crippen LogP contribution in [0, 0.1) is 0 Å². The minimum absolute atomic E-state index is 0.271. The number of benzene rings is 1. The molecular formula is C18H24N4S. The highest BCUT2D eigenvalue weighted by atomic mass is 32.2. The van der Waals surface area contributed by atoms with Gasteiger partial charge in [0.25, 0.3) is 0 Å². The van der Waals surface area contributed by atoms with E-state index in [1.165, 1.54) is 10.8 Å². The van der Waals surface area contributed by atoms with Crippen LogP contribution in [0.15, 0.2) is 41.5 Å². The smallest absolute Gasteiger partial charge is 0.194 e. The Bertz CT molecular complexity index is 706. The number of rotatable bonds is 2. The van der Waals surface area contributed by atoms with Crippen LogP contribution in [0.1, 0.15) is 19.5 Å². The van der Waals surface area contributed by atoms with E-state index in [9.17, 15) is 0 Å². The van der Waals surface area contributed by atoms with E-state index in [1.807, 2.05) is 25.0 Å². The predicted octanol–water partition coefficient (Wildman–Crippen LogP) is 3.14. The van der Waals surface area contributed by atoms with Crippen LogP contribution >= 0.6 is 11.8 Å². The first-order chi connectivity index (χ1) is 11.1. The lowest BCUT2D eigenvalue weighted by Crippen LogP contribution is -2.50. The molecule has 2 heterocycles.